The average molecular weight is 350 g/mol. The maximum Gasteiger partial charge on any atom is 0.137 e. The molecule has 0 amide bonds. The summed E-state index contributed by atoms with van der Waals surface area (Å²) in [6, 6.07) is 13.9. The minimum Gasteiger partial charge on any atom is -0.309 e. The highest BCUT2D eigenvalue weighted by Gasteiger charge is 2.13. The summed E-state index contributed by atoms with van der Waals surface area (Å²) >= 11 is 3.25. The maximum atomic E-state index is 13.4. The van der Waals surface area contributed by atoms with Gasteiger partial charge in [-0.05, 0) is 64.1 Å². The fraction of sp³-hybridized carbons (Fsp3) is 0.333. The summed E-state index contributed by atoms with van der Waals surface area (Å²) in [7, 11) is 1.92. The molecule has 0 radical (unpaired) electrons. The molecule has 0 bridgehead atoms. The number of halogens is 2. The Morgan fingerprint density at radius 2 is 1.67 bits per heavy atom. The molecule has 1 unspecified atom stereocenters. The van der Waals surface area contributed by atoms with Gasteiger partial charge in [0.1, 0.15) is 5.82 Å². The van der Waals surface area contributed by atoms with E-state index >= 15 is 0 Å². The highest BCUT2D eigenvalue weighted by atomic mass is 79.9. The third-order valence-electron chi connectivity index (χ3n) is 3.52. The molecule has 2 aromatic carbocycles. The Morgan fingerprint density at radius 1 is 1.05 bits per heavy atom. The predicted octanol–water partition coefficient (Wildman–Crippen LogP) is 5.10. The van der Waals surface area contributed by atoms with Crippen LogP contribution in [-0.4, -0.2) is 7.05 Å². The summed E-state index contributed by atoms with van der Waals surface area (Å²) in [6.45, 7) is 4.45. The van der Waals surface area contributed by atoms with Gasteiger partial charge >= 0.3 is 0 Å². The largest absolute Gasteiger partial charge is 0.309 e. The molecule has 0 aliphatic carbocycles. The van der Waals surface area contributed by atoms with E-state index in [0.717, 1.165) is 12.0 Å². The summed E-state index contributed by atoms with van der Waals surface area (Å²) in [5.74, 6) is 0.421. The lowest BCUT2D eigenvalue weighted by Crippen LogP contribution is -2.17. The molecule has 0 saturated carbocycles. The van der Waals surface area contributed by atoms with Gasteiger partial charge in [0.2, 0.25) is 0 Å². The summed E-state index contributed by atoms with van der Waals surface area (Å²) in [5, 5.41) is 3.30. The van der Waals surface area contributed by atoms with E-state index in [1.54, 1.807) is 0 Å². The van der Waals surface area contributed by atoms with Crippen LogP contribution in [-0.2, 0) is 6.42 Å². The molecule has 0 fully saturated rings. The minimum atomic E-state index is -0.235. The van der Waals surface area contributed by atoms with Gasteiger partial charge in [-0.1, -0.05) is 44.2 Å². The topological polar surface area (TPSA) is 12.0 Å². The zero-order chi connectivity index (χ0) is 15.4. The van der Waals surface area contributed by atoms with Gasteiger partial charge in [-0.15, -0.1) is 0 Å². The van der Waals surface area contributed by atoms with E-state index in [-0.39, 0.29) is 11.9 Å². The third kappa shape index (κ3) is 4.14. The minimum absolute atomic E-state index is 0.0648. The normalized spacial score (nSPS) is 12.7. The molecule has 1 nitrogen and oxygen atoms in total. The standard InChI is InChI=1S/C18H21BrFN/c1-12(2)10-13-4-6-14(7-5-13)18(21-3)15-8-9-17(20)16(19)11-15/h4-9,11-12,18,21H,10H2,1-3H3. The van der Waals surface area contributed by atoms with Crippen LogP contribution in [0.1, 0.15) is 36.6 Å². The Balaban J connectivity index is 2.26. The van der Waals surface area contributed by atoms with Crippen LogP contribution < -0.4 is 5.32 Å². The van der Waals surface area contributed by atoms with Crippen molar-refractivity contribution >= 4 is 15.9 Å². The molecule has 2 aromatic rings. The molecular formula is C18H21BrFN. The molecule has 0 aliphatic rings. The second-order valence-electron chi connectivity index (χ2n) is 5.73. The lowest BCUT2D eigenvalue weighted by Gasteiger charge is -2.18. The average Bonchev–Trinajstić information content (AvgIpc) is 2.45. The van der Waals surface area contributed by atoms with Crippen molar-refractivity contribution in [2.24, 2.45) is 5.92 Å². The Labute approximate surface area is 134 Å². The van der Waals surface area contributed by atoms with E-state index in [4.69, 9.17) is 0 Å². The van der Waals surface area contributed by atoms with Gasteiger partial charge in [0.05, 0.1) is 10.5 Å². The Hall–Kier alpha value is -1.19. The van der Waals surface area contributed by atoms with Crippen LogP contribution in [0.15, 0.2) is 46.9 Å². The molecule has 112 valence electrons. The van der Waals surface area contributed by atoms with Gasteiger partial charge in [0.25, 0.3) is 0 Å². The molecule has 21 heavy (non-hydrogen) atoms. The van der Waals surface area contributed by atoms with Gasteiger partial charge in [-0.2, -0.15) is 0 Å². The van der Waals surface area contributed by atoms with Crippen LogP contribution in [0.5, 0.6) is 0 Å². The number of nitrogens with one attached hydrogen (secondary N) is 1. The first-order valence-electron chi connectivity index (χ1n) is 7.22. The van der Waals surface area contributed by atoms with Crippen molar-refractivity contribution in [2.75, 3.05) is 7.05 Å². The lowest BCUT2D eigenvalue weighted by atomic mass is 9.96. The molecule has 0 saturated heterocycles. The number of rotatable bonds is 5. The Bertz CT molecular complexity index is 593. The fourth-order valence-corrected chi connectivity index (χ4v) is 2.93. The molecule has 0 aliphatic heterocycles. The highest BCUT2D eigenvalue weighted by molar-refractivity contribution is 9.10. The number of hydrogen-bond donors (Lipinski definition) is 1. The van der Waals surface area contributed by atoms with Gasteiger partial charge in [0, 0.05) is 0 Å². The van der Waals surface area contributed by atoms with Crippen molar-refractivity contribution in [1.29, 1.82) is 0 Å². The van der Waals surface area contributed by atoms with Crippen molar-refractivity contribution in [3.63, 3.8) is 0 Å². The first-order chi connectivity index (χ1) is 10.0. The molecule has 0 spiro atoms. The number of hydrogen-bond acceptors (Lipinski definition) is 1. The Morgan fingerprint density at radius 3 is 2.19 bits per heavy atom. The zero-order valence-corrected chi connectivity index (χ0v) is 14.2. The fourth-order valence-electron chi connectivity index (χ4n) is 2.54. The molecule has 0 heterocycles. The quantitative estimate of drug-likeness (QED) is 0.792. The highest BCUT2D eigenvalue weighted by Crippen LogP contribution is 2.26. The van der Waals surface area contributed by atoms with Crippen LogP contribution in [0.4, 0.5) is 4.39 Å². The molecule has 0 aromatic heterocycles. The van der Waals surface area contributed by atoms with Crippen LogP contribution in [0.25, 0.3) is 0 Å². The molecular weight excluding hydrogens is 329 g/mol. The smallest absolute Gasteiger partial charge is 0.137 e. The lowest BCUT2D eigenvalue weighted by molar-refractivity contribution is 0.616. The van der Waals surface area contributed by atoms with Crippen LogP contribution >= 0.6 is 15.9 Å². The van der Waals surface area contributed by atoms with Gasteiger partial charge in [-0.3, -0.25) is 0 Å². The Kier molecular flexibility index (Phi) is 5.54. The van der Waals surface area contributed by atoms with E-state index in [1.165, 1.54) is 17.2 Å². The van der Waals surface area contributed by atoms with E-state index < -0.39 is 0 Å². The molecule has 2 rings (SSSR count). The van der Waals surface area contributed by atoms with Gasteiger partial charge in [0.15, 0.2) is 0 Å². The van der Waals surface area contributed by atoms with Crippen molar-refractivity contribution in [2.45, 2.75) is 26.3 Å². The first kappa shape index (κ1) is 16.2. The monoisotopic (exact) mass is 349 g/mol. The second kappa shape index (κ2) is 7.19. The van der Waals surface area contributed by atoms with E-state index in [2.05, 4.69) is 59.4 Å². The van der Waals surface area contributed by atoms with Crippen molar-refractivity contribution in [3.05, 3.63) is 69.4 Å². The molecule has 1 atom stereocenters. The van der Waals surface area contributed by atoms with Crippen molar-refractivity contribution < 1.29 is 4.39 Å². The first-order valence-corrected chi connectivity index (χ1v) is 8.01. The van der Waals surface area contributed by atoms with E-state index in [0.29, 0.717) is 10.4 Å². The van der Waals surface area contributed by atoms with Crippen LogP contribution in [0.3, 0.4) is 0 Å². The van der Waals surface area contributed by atoms with E-state index in [9.17, 15) is 4.39 Å². The summed E-state index contributed by atoms with van der Waals surface area (Å²) in [4.78, 5) is 0. The van der Waals surface area contributed by atoms with E-state index in [1.807, 2.05) is 19.2 Å². The van der Waals surface area contributed by atoms with Gasteiger partial charge < -0.3 is 5.32 Å². The molecule has 3 heteroatoms. The third-order valence-corrected chi connectivity index (χ3v) is 4.13. The zero-order valence-electron chi connectivity index (χ0n) is 12.7. The van der Waals surface area contributed by atoms with Crippen LogP contribution in [0.2, 0.25) is 0 Å². The summed E-state index contributed by atoms with van der Waals surface area (Å²) in [5.41, 5.74) is 3.58. The summed E-state index contributed by atoms with van der Waals surface area (Å²) < 4.78 is 13.9. The maximum absolute atomic E-state index is 13.4. The molecule has 1 N–H and O–H groups in total. The van der Waals surface area contributed by atoms with Crippen molar-refractivity contribution in [3.8, 4) is 0 Å². The van der Waals surface area contributed by atoms with Crippen molar-refractivity contribution in [1.82, 2.24) is 5.32 Å². The number of benzene rings is 2. The predicted molar refractivity (Wildman–Crippen MR) is 90.0 cm³/mol. The summed E-state index contributed by atoms with van der Waals surface area (Å²) in [6.07, 6.45) is 1.09. The van der Waals surface area contributed by atoms with Gasteiger partial charge in [-0.25, -0.2) is 4.39 Å². The SMILES string of the molecule is CNC(c1ccc(CC(C)C)cc1)c1ccc(F)c(Br)c1. The van der Waals surface area contributed by atoms with Crippen LogP contribution in [0, 0.1) is 11.7 Å². The second-order valence-corrected chi connectivity index (χ2v) is 6.59.